The van der Waals surface area contributed by atoms with Crippen LogP contribution in [0.4, 0.5) is 5.69 Å². The Labute approximate surface area is 163 Å². The summed E-state index contributed by atoms with van der Waals surface area (Å²) in [5, 5.41) is 10.3. The molecule has 0 saturated carbocycles. The molecule has 0 bridgehead atoms. The van der Waals surface area contributed by atoms with Crippen molar-refractivity contribution in [3.8, 4) is 0 Å². The molecule has 1 aromatic carbocycles. The lowest BCUT2D eigenvalue weighted by molar-refractivity contribution is -0.132. The van der Waals surface area contributed by atoms with E-state index >= 15 is 0 Å². The van der Waals surface area contributed by atoms with E-state index in [2.05, 4.69) is 27.8 Å². The van der Waals surface area contributed by atoms with Crippen molar-refractivity contribution in [1.29, 1.82) is 0 Å². The number of hydrogen-bond acceptors (Lipinski definition) is 6. The highest BCUT2D eigenvalue weighted by molar-refractivity contribution is 5.94. The first-order valence-electron chi connectivity index (χ1n) is 8.49. The van der Waals surface area contributed by atoms with Crippen LogP contribution in [-0.2, 0) is 19.2 Å². The second kappa shape index (κ2) is 9.95. The fourth-order valence-electron chi connectivity index (χ4n) is 2.25. The molecule has 0 saturated heterocycles. The number of nitrogens with one attached hydrogen (secondary N) is 4. The normalized spacial score (nSPS) is 13.4. The van der Waals surface area contributed by atoms with E-state index in [4.69, 9.17) is 11.5 Å². The third kappa shape index (κ3) is 6.98. The number of primary amides is 1. The van der Waals surface area contributed by atoms with Gasteiger partial charge in [-0.25, -0.2) is 0 Å². The molecule has 0 radical (unpaired) electrons. The van der Waals surface area contributed by atoms with E-state index in [-0.39, 0.29) is 11.7 Å². The van der Waals surface area contributed by atoms with Crippen LogP contribution >= 0.6 is 0 Å². The highest BCUT2D eigenvalue weighted by Crippen LogP contribution is 2.18. The molecule has 4 amide bonds. The minimum absolute atomic E-state index is 0.245. The molecule has 0 fully saturated rings. The summed E-state index contributed by atoms with van der Waals surface area (Å²) in [4.78, 5) is 47.4. The summed E-state index contributed by atoms with van der Waals surface area (Å²) in [6, 6.07) is 3.61. The Morgan fingerprint density at radius 2 is 1.46 bits per heavy atom. The van der Waals surface area contributed by atoms with Crippen LogP contribution in [0.15, 0.2) is 36.7 Å². The van der Waals surface area contributed by atoms with Crippen LogP contribution in [0.25, 0.3) is 0 Å². The minimum Gasteiger partial charge on any atom is -0.386 e. The fraction of sp³-hybridized carbons (Fsp3) is 0.333. The zero-order valence-corrected chi connectivity index (χ0v) is 16.0. The smallest absolute Gasteiger partial charge is 0.247 e. The highest BCUT2D eigenvalue weighted by Gasteiger charge is 2.27. The zero-order valence-electron chi connectivity index (χ0n) is 16.0. The first-order chi connectivity index (χ1) is 13.0. The summed E-state index contributed by atoms with van der Waals surface area (Å²) in [5.41, 5.74) is 11.8. The summed E-state index contributed by atoms with van der Waals surface area (Å²) < 4.78 is 0. The van der Waals surface area contributed by atoms with Gasteiger partial charge in [-0.15, -0.1) is 0 Å². The number of hydrogen-bond donors (Lipinski definition) is 6. The molecule has 10 nitrogen and oxygen atoms in total. The van der Waals surface area contributed by atoms with Crippen LogP contribution in [0.2, 0.25) is 0 Å². The molecule has 152 valence electrons. The van der Waals surface area contributed by atoms with Crippen molar-refractivity contribution in [3.05, 3.63) is 42.2 Å². The lowest BCUT2D eigenvalue weighted by Gasteiger charge is -2.23. The SMILES string of the molecule is C=C(N)Nc1ccc([C@@H](NC(=O)[C@H](C)NC(C)=O)C(=O)N[C@@H](C)C(N)=O)cc1. The van der Waals surface area contributed by atoms with Gasteiger partial charge in [-0.05, 0) is 31.5 Å². The fourth-order valence-corrected chi connectivity index (χ4v) is 2.25. The van der Waals surface area contributed by atoms with Gasteiger partial charge in [0.1, 0.15) is 18.1 Å². The van der Waals surface area contributed by atoms with Gasteiger partial charge < -0.3 is 32.7 Å². The molecule has 1 aromatic rings. The van der Waals surface area contributed by atoms with Crippen LogP contribution < -0.4 is 32.7 Å². The largest absolute Gasteiger partial charge is 0.386 e. The van der Waals surface area contributed by atoms with Crippen LogP contribution in [0, 0.1) is 0 Å². The van der Waals surface area contributed by atoms with E-state index in [1.54, 1.807) is 24.3 Å². The number of anilines is 1. The van der Waals surface area contributed by atoms with Crippen molar-refractivity contribution in [1.82, 2.24) is 16.0 Å². The lowest BCUT2D eigenvalue weighted by Crippen LogP contribution is -2.51. The van der Waals surface area contributed by atoms with Gasteiger partial charge in [-0.3, -0.25) is 19.2 Å². The van der Waals surface area contributed by atoms with E-state index in [1.165, 1.54) is 20.8 Å². The number of carbonyl (C=O) groups is 4. The predicted octanol–water partition coefficient (Wildman–Crippen LogP) is -0.800. The topological polar surface area (TPSA) is 168 Å². The van der Waals surface area contributed by atoms with E-state index in [9.17, 15) is 19.2 Å². The molecule has 3 atom stereocenters. The molecule has 0 spiro atoms. The third-order valence-corrected chi connectivity index (χ3v) is 3.70. The molecular formula is C18H26N6O4. The van der Waals surface area contributed by atoms with Crippen LogP contribution in [0.1, 0.15) is 32.4 Å². The van der Waals surface area contributed by atoms with Crippen molar-refractivity contribution >= 4 is 29.3 Å². The van der Waals surface area contributed by atoms with Crippen molar-refractivity contribution in [2.24, 2.45) is 11.5 Å². The Morgan fingerprint density at radius 1 is 0.893 bits per heavy atom. The van der Waals surface area contributed by atoms with Gasteiger partial charge in [0.2, 0.25) is 23.6 Å². The molecular weight excluding hydrogens is 364 g/mol. The summed E-state index contributed by atoms with van der Waals surface area (Å²) in [6.07, 6.45) is 0. The highest BCUT2D eigenvalue weighted by atomic mass is 16.2. The van der Waals surface area contributed by atoms with Gasteiger partial charge in [0.15, 0.2) is 0 Å². The number of carbonyl (C=O) groups excluding carboxylic acids is 4. The van der Waals surface area contributed by atoms with Gasteiger partial charge in [-0.2, -0.15) is 0 Å². The maximum absolute atomic E-state index is 12.6. The summed E-state index contributed by atoms with van der Waals surface area (Å²) in [5.74, 6) is -2.05. The van der Waals surface area contributed by atoms with E-state index in [0.29, 0.717) is 11.3 Å². The average molecular weight is 390 g/mol. The van der Waals surface area contributed by atoms with Gasteiger partial charge >= 0.3 is 0 Å². The Morgan fingerprint density at radius 3 is 1.93 bits per heavy atom. The van der Waals surface area contributed by atoms with Crippen molar-refractivity contribution in [2.45, 2.75) is 38.9 Å². The Hall–Kier alpha value is -3.56. The predicted molar refractivity (Wildman–Crippen MR) is 104 cm³/mol. The van der Waals surface area contributed by atoms with Crippen molar-refractivity contribution < 1.29 is 19.2 Å². The van der Waals surface area contributed by atoms with E-state index in [0.717, 1.165) is 0 Å². The molecule has 1 rings (SSSR count). The average Bonchev–Trinajstić information content (AvgIpc) is 2.58. The van der Waals surface area contributed by atoms with Crippen LogP contribution in [-0.4, -0.2) is 35.7 Å². The van der Waals surface area contributed by atoms with Crippen LogP contribution in [0.3, 0.4) is 0 Å². The van der Waals surface area contributed by atoms with E-state index in [1.807, 2.05) is 0 Å². The molecule has 0 unspecified atom stereocenters. The molecule has 0 heterocycles. The van der Waals surface area contributed by atoms with E-state index < -0.39 is 35.8 Å². The number of benzene rings is 1. The first kappa shape index (κ1) is 22.5. The molecule has 0 aromatic heterocycles. The molecule has 10 heteroatoms. The number of nitrogens with two attached hydrogens (primary N) is 2. The Bertz CT molecular complexity index is 762. The maximum atomic E-state index is 12.6. The first-order valence-corrected chi connectivity index (χ1v) is 8.49. The van der Waals surface area contributed by atoms with Gasteiger partial charge in [0.05, 0.1) is 5.82 Å². The Kier molecular flexibility index (Phi) is 7.99. The molecule has 28 heavy (non-hydrogen) atoms. The van der Waals surface area contributed by atoms with Crippen LogP contribution in [0.5, 0.6) is 0 Å². The van der Waals surface area contributed by atoms with Gasteiger partial charge in [0.25, 0.3) is 0 Å². The monoisotopic (exact) mass is 390 g/mol. The Balaban J connectivity index is 3.07. The quantitative estimate of drug-likeness (QED) is 0.322. The summed E-state index contributed by atoms with van der Waals surface area (Å²) >= 11 is 0. The number of amides is 4. The maximum Gasteiger partial charge on any atom is 0.247 e. The van der Waals surface area contributed by atoms with Gasteiger partial charge in [0, 0.05) is 12.6 Å². The zero-order chi connectivity index (χ0) is 21.4. The van der Waals surface area contributed by atoms with Crippen molar-refractivity contribution in [2.75, 3.05) is 5.32 Å². The molecule has 0 aliphatic heterocycles. The minimum atomic E-state index is -1.11. The molecule has 8 N–H and O–H groups in total. The molecule has 0 aliphatic rings. The summed E-state index contributed by atoms with van der Waals surface area (Å²) in [7, 11) is 0. The second-order valence-corrected chi connectivity index (χ2v) is 6.27. The molecule has 0 aliphatic carbocycles. The number of rotatable bonds is 9. The lowest BCUT2D eigenvalue weighted by atomic mass is 10.0. The van der Waals surface area contributed by atoms with Gasteiger partial charge in [-0.1, -0.05) is 18.7 Å². The van der Waals surface area contributed by atoms with Crippen molar-refractivity contribution in [3.63, 3.8) is 0 Å². The standard InChI is InChI=1S/C18H26N6O4/c1-9(16(20)26)22-18(28)15(24-17(27)10(2)21-12(4)25)13-5-7-14(8-6-13)23-11(3)19/h5-10,15,23H,3,19H2,1-2,4H3,(H2,20,26)(H,21,25)(H,22,28)(H,24,27)/t9-,10-,15+/m0/s1. The summed E-state index contributed by atoms with van der Waals surface area (Å²) in [6.45, 7) is 7.73. The second-order valence-electron chi connectivity index (χ2n) is 6.27. The third-order valence-electron chi connectivity index (χ3n) is 3.70.